The van der Waals surface area contributed by atoms with Crippen LogP contribution in [0.5, 0.6) is 0 Å². The summed E-state index contributed by atoms with van der Waals surface area (Å²) in [5.41, 5.74) is 0.856. The fourth-order valence-electron chi connectivity index (χ4n) is 3.39. The van der Waals surface area contributed by atoms with Crippen molar-refractivity contribution in [1.29, 1.82) is 0 Å². The summed E-state index contributed by atoms with van der Waals surface area (Å²) < 4.78 is 39.0. The number of hydrogen-bond donors (Lipinski definition) is 0. The maximum Gasteiger partial charge on any atom is 0.416 e. The van der Waals surface area contributed by atoms with E-state index < -0.39 is 17.2 Å². The summed E-state index contributed by atoms with van der Waals surface area (Å²) in [6, 6.07) is 8.92. The number of rotatable bonds is 4. The molecule has 0 spiro atoms. The number of hydrogen-bond acceptors (Lipinski definition) is 1. The molecule has 2 rings (SSSR count). The molecule has 0 aliphatic rings. The Morgan fingerprint density at radius 3 is 2.12 bits per heavy atom. The van der Waals surface area contributed by atoms with Crippen LogP contribution >= 0.6 is 11.6 Å². The van der Waals surface area contributed by atoms with Gasteiger partial charge in [0.1, 0.15) is 5.78 Å². The van der Waals surface area contributed by atoms with Crippen LogP contribution in [0.3, 0.4) is 0 Å². The van der Waals surface area contributed by atoms with Gasteiger partial charge in [-0.3, -0.25) is 4.79 Å². The largest absolute Gasteiger partial charge is 0.416 e. The zero-order valence-electron chi connectivity index (χ0n) is 15.5. The van der Waals surface area contributed by atoms with E-state index >= 15 is 0 Å². The molecule has 140 valence electrons. The molecule has 0 heterocycles. The quantitative estimate of drug-likeness (QED) is 0.576. The van der Waals surface area contributed by atoms with Crippen LogP contribution < -0.4 is 0 Å². The van der Waals surface area contributed by atoms with Crippen LogP contribution in [0.15, 0.2) is 36.4 Å². The lowest BCUT2D eigenvalue weighted by Crippen LogP contribution is -2.34. The molecule has 0 aliphatic heterocycles. The maximum absolute atomic E-state index is 13.0. The second-order valence-electron chi connectivity index (χ2n) is 7.09. The molecule has 0 bridgehead atoms. The first-order valence-corrected chi connectivity index (χ1v) is 8.76. The van der Waals surface area contributed by atoms with Crippen molar-refractivity contribution in [2.75, 3.05) is 0 Å². The zero-order valence-corrected chi connectivity index (χ0v) is 16.2. The molecule has 1 nitrogen and oxygen atoms in total. The van der Waals surface area contributed by atoms with Crippen LogP contribution in [0.25, 0.3) is 0 Å². The maximum atomic E-state index is 13.0. The van der Waals surface area contributed by atoms with Crippen LogP contribution in [0.1, 0.15) is 61.4 Å². The van der Waals surface area contributed by atoms with E-state index in [2.05, 4.69) is 0 Å². The summed E-state index contributed by atoms with van der Waals surface area (Å²) in [4.78, 5) is 12.7. The molecule has 5 heteroatoms. The van der Waals surface area contributed by atoms with Gasteiger partial charge >= 0.3 is 6.18 Å². The third-order valence-electron chi connectivity index (χ3n) is 4.97. The molecule has 0 saturated carbocycles. The van der Waals surface area contributed by atoms with E-state index in [1.807, 2.05) is 19.9 Å². The highest BCUT2D eigenvalue weighted by molar-refractivity contribution is 6.30. The molecule has 0 amide bonds. The summed E-state index contributed by atoms with van der Waals surface area (Å²) in [7, 11) is 0. The Hall–Kier alpha value is -1.81. The Morgan fingerprint density at radius 1 is 1.04 bits per heavy atom. The predicted octanol–water partition coefficient (Wildman–Crippen LogP) is 6.69. The number of Topliss-reactive ketones (excluding diaryl/α,β-unsaturated/α-hetero) is 1. The molecule has 0 aromatic heterocycles. The number of ketones is 1. The SMILES string of the molecule is CC(=O)[C@](C)(c1ccc(C(F)(F)F)cc1C)c1cc(Cl)ccc1C(C)C. The van der Waals surface area contributed by atoms with Crippen molar-refractivity contribution in [1.82, 2.24) is 0 Å². The van der Waals surface area contributed by atoms with Gasteiger partial charge in [0, 0.05) is 5.02 Å². The highest BCUT2D eigenvalue weighted by Crippen LogP contribution is 2.41. The summed E-state index contributed by atoms with van der Waals surface area (Å²) in [6.07, 6.45) is -4.42. The second-order valence-corrected chi connectivity index (χ2v) is 7.53. The van der Waals surface area contributed by atoms with Crippen molar-refractivity contribution < 1.29 is 18.0 Å². The molecule has 0 radical (unpaired) electrons. The third-order valence-corrected chi connectivity index (χ3v) is 5.21. The van der Waals surface area contributed by atoms with Gasteiger partial charge in [-0.1, -0.05) is 37.6 Å². The standard InChI is InChI=1S/C21H22ClF3O/c1-12(2)17-8-7-16(22)11-19(17)20(5,14(4)26)18-9-6-15(10-13(18)3)21(23,24)25/h6-12H,1-5H3/t20-/m1/s1. The summed E-state index contributed by atoms with van der Waals surface area (Å²) in [5, 5.41) is 0.487. The Balaban J connectivity index is 2.78. The molecule has 0 aliphatic carbocycles. The monoisotopic (exact) mass is 382 g/mol. The smallest absolute Gasteiger partial charge is 0.299 e. The molecule has 0 saturated heterocycles. The first-order valence-electron chi connectivity index (χ1n) is 8.38. The van der Waals surface area contributed by atoms with E-state index in [4.69, 9.17) is 11.6 Å². The second kappa shape index (κ2) is 7.07. The van der Waals surface area contributed by atoms with Gasteiger partial charge < -0.3 is 0 Å². The molecule has 2 aromatic carbocycles. The average molecular weight is 383 g/mol. The van der Waals surface area contributed by atoms with Crippen molar-refractivity contribution in [3.8, 4) is 0 Å². The predicted molar refractivity (Wildman–Crippen MR) is 98.9 cm³/mol. The normalized spacial score (nSPS) is 14.4. The van der Waals surface area contributed by atoms with Gasteiger partial charge in [-0.25, -0.2) is 0 Å². The van der Waals surface area contributed by atoms with Crippen molar-refractivity contribution in [3.05, 3.63) is 69.2 Å². The summed E-state index contributed by atoms with van der Waals surface area (Å²) in [6.45, 7) is 8.83. The van der Waals surface area contributed by atoms with Gasteiger partial charge in [0.05, 0.1) is 11.0 Å². The molecule has 26 heavy (non-hydrogen) atoms. The minimum atomic E-state index is -4.42. The number of halogens is 4. The lowest BCUT2D eigenvalue weighted by Gasteiger charge is -2.33. The topological polar surface area (TPSA) is 17.1 Å². The van der Waals surface area contributed by atoms with Crippen molar-refractivity contribution in [2.24, 2.45) is 0 Å². The molecule has 0 fully saturated rings. The molecule has 1 atom stereocenters. The zero-order chi connectivity index (χ0) is 19.9. The van der Waals surface area contributed by atoms with E-state index in [1.54, 1.807) is 26.0 Å². The van der Waals surface area contributed by atoms with E-state index in [-0.39, 0.29) is 11.7 Å². The number of aryl methyl sites for hydroxylation is 1. The van der Waals surface area contributed by atoms with E-state index in [9.17, 15) is 18.0 Å². The summed E-state index contributed by atoms with van der Waals surface area (Å²) in [5.74, 6) is -0.0137. The lowest BCUT2D eigenvalue weighted by atomic mass is 9.69. The third kappa shape index (κ3) is 3.66. The van der Waals surface area contributed by atoms with Gasteiger partial charge in [0.15, 0.2) is 0 Å². The van der Waals surface area contributed by atoms with Crippen LogP contribution in [0.2, 0.25) is 5.02 Å². The number of alkyl halides is 3. The summed E-state index contributed by atoms with van der Waals surface area (Å²) >= 11 is 6.18. The molecule has 2 aromatic rings. The van der Waals surface area contributed by atoms with Crippen LogP contribution in [0, 0.1) is 6.92 Å². The van der Waals surface area contributed by atoms with Gasteiger partial charge in [-0.05, 0) is 73.2 Å². The first-order chi connectivity index (χ1) is 11.9. The number of benzene rings is 2. The number of carbonyl (C=O) groups is 1. The Morgan fingerprint density at radius 2 is 1.65 bits per heavy atom. The molecule has 0 N–H and O–H groups in total. The first kappa shape index (κ1) is 20.5. The van der Waals surface area contributed by atoms with Crippen LogP contribution in [0.4, 0.5) is 13.2 Å². The van der Waals surface area contributed by atoms with E-state index in [0.29, 0.717) is 16.1 Å². The van der Waals surface area contributed by atoms with Crippen molar-refractivity contribution in [2.45, 2.75) is 52.1 Å². The highest BCUT2D eigenvalue weighted by Gasteiger charge is 2.39. The van der Waals surface area contributed by atoms with Crippen molar-refractivity contribution >= 4 is 17.4 Å². The average Bonchev–Trinajstić information content (AvgIpc) is 2.52. The van der Waals surface area contributed by atoms with Crippen LogP contribution in [-0.2, 0) is 16.4 Å². The Labute approximate surface area is 157 Å². The minimum Gasteiger partial charge on any atom is -0.299 e. The van der Waals surface area contributed by atoms with Gasteiger partial charge in [0.2, 0.25) is 0 Å². The molecular weight excluding hydrogens is 361 g/mol. The van der Waals surface area contributed by atoms with Crippen molar-refractivity contribution in [3.63, 3.8) is 0 Å². The van der Waals surface area contributed by atoms with Gasteiger partial charge in [-0.15, -0.1) is 0 Å². The van der Waals surface area contributed by atoms with Crippen LogP contribution in [-0.4, -0.2) is 5.78 Å². The minimum absolute atomic E-state index is 0.135. The molecule has 0 unspecified atom stereocenters. The van der Waals surface area contributed by atoms with Gasteiger partial charge in [0.25, 0.3) is 0 Å². The fourth-order valence-corrected chi connectivity index (χ4v) is 3.56. The van der Waals surface area contributed by atoms with E-state index in [0.717, 1.165) is 23.3 Å². The van der Waals surface area contributed by atoms with Gasteiger partial charge in [-0.2, -0.15) is 13.2 Å². The Bertz CT molecular complexity index is 840. The fraction of sp³-hybridized carbons (Fsp3) is 0.381. The number of carbonyl (C=O) groups excluding carboxylic acids is 1. The lowest BCUT2D eigenvalue weighted by molar-refractivity contribution is -0.137. The van der Waals surface area contributed by atoms with E-state index in [1.165, 1.54) is 13.0 Å². The molecular formula is C21H22ClF3O. The Kier molecular flexibility index (Phi) is 5.57. The highest BCUT2D eigenvalue weighted by atomic mass is 35.5.